The number of rotatable bonds is 60. The van der Waals surface area contributed by atoms with Gasteiger partial charge >= 0.3 is 17.9 Å². The molecule has 0 radical (unpaired) electrons. The maximum Gasteiger partial charge on any atom is 0.306 e. The van der Waals surface area contributed by atoms with Gasteiger partial charge in [-0.1, -0.05) is 296 Å². The lowest BCUT2D eigenvalue weighted by atomic mass is 10.0. The summed E-state index contributed by atoms with van der Waals surface area (Å²) < 4.78 is 16.9. The molecule has 0 heterocycles. The number of ether oxygens (including phenoxy) is 3. The van der Waals surface area contributed by atoms with Crippen molar-refractivity contribution in [3.8, 4) is 0 Å². The van der Waals surface area contributed by atoms with Crippen LogP contribution in [0.1, 0.15) is 310 Å². The average Bonchev–Trinajstić information content (AvgIpc) is 3.46. The van der Waals surface area contributed by atoms with Gasteiger partial charge in [-0.15, -0.1) is 0 Å². The van der Waals surface area contributed by atoms with E-state index in [9.17, 15) is 14.4 Å². The summed E-state index contributed by atoms with van der Waals surface area (Å²) in [6, 6.07) is 0. The Labute approximate surface area is 494 Å². The molecule has 0 rings (SSSR count). The molecule has 0 N–H and O–H groups in total. The van der Waals surface area contributed by atoms with Crippen LogP contribution in [-0.2, 0) is 28.6 Å². The molecule has 456 valence electrons. The fraction of sp³-hybridized carbons (Fsp3) is 0.689. The second-order valence-corrected chi connectivity index (χ2v) is 22.0. The number of esters is 3. The van der Waals surface area contributed by atoms with Crippen LogP contribution in [0.5, 0.6) is 0 Å². The molecule has 0 aliphatic heterocycles. The quantitative estimate of drug-likeness (QED) is 0.0261. The lowest BCUT2D eigenvalue weighted by molar-refractivity contribution is -0.167. The van der Waals surface area contributed by atoms with Crippen molar-refractivity contribution in [3.63, 3.8) is 0 Å². The molecule has 0 amide bonds. The van der Waals surface area contributed by atoms with Gasteiger partial charge < -0.3 is 14.2 Å². The van der Waals surface area contributed by atoms with Crippen LogP contribution in [0.25, 0.3) is 0 Å². The standard InChI is InChI=1S/C74H124O6/c1-4-7-10-13-16-19-22-25-28-30-32-33-34-35-36-37-38-39-40-41-43-44-46-49-52-55-58-61-64-67-73(76)79-70-71(69-78-72(75)66-63-60-57-54-51-48-27-24-21-18-15-12-9-6-3)80-74(77)68-65-62-59-56-53-50-47-45-42-31-29-26-23-20-17-14-11-8-5-2/h7,10,16-17,19-20,25-26,28-29,32-33,35-36,38-39,41,43,46,49,71H,4-6,8-9,11-15,18,21-24,27,30-31,34,37,40,42,44-45,47-48,50-70H2,1-3H3/b10-7-,19-16-,20-17-,28-25-,29-26-,33-32-,36-35-,39-38-,43-41-,49-46-. The third-order valence-corrected chi connectivity index (χ3v) is 14.2. The van der Waals surface area contributed by atoms with Crippen molar-refractivity contribution in [2.75, 3.05) is 13.2 Å². The lowest BCUT2D eigenvalue weighted by Crippen LogP contribution is -2.30. The van der Waals surface area contributed by atoms with E-state index in [1.54, 1.807) is 0 Å². The maximum atomic E-state index is 12.9. The minimum absolute atomic E-state index is 0.0872. The SMILES string of the molecule is CC/C=C\C/C=C\C/C=C\C/C=C\C/C=C\C/C=C\C/C=C\C/C=C\CCCCCCC(=O)OCC(COC(=O)CCCCCCCCCCCCCCCC)OC(=O)CCCCCCCCCCC/C=C\C/C=C\CCCCC. The predicted molar refractivity (Wildman–Crippen MR) is 348 cm³/mol. The van der Waals surface area contributed by atoms with Gasteiger partial charge in [0.2, 0.25) is 0 Å². The number of unbranched alkanes of at least 4 members (excludes halogenated alkanes) is 29. The van der Waals surface area contributed by atoms with Crippen molar-refractivity contribution in [1.29, 1.82) is 0 Å². The van der Waals surface area contributed by atoms with E-state index in [4.69, 9.17) is 14.2 Å². The van der Waals surface area contributed by atoms with E-state index in [1.165, 1.54) is 141 Å². The van der Waals surface area contributed by atoms with E-state index in [0.717, 1.165) is 128 Å². The Kier molecular flexibility index (Phi) is 63.8. The first-order chi connectivity index (χ1) is 39.5. The first-order valence-electron chi connectivity index (χ1n) is 33.5. The van der Waals surface area contributed by atoms with Crippen LogP contribution in [0.15, 0.2) is 122 Å². The molecule has 6 nitrogen and oxygen atoms in total. The number of hydrogen-bond donors (Lipinski definition) is 0. The molecule has 1 unspecified atom stereocenters. The van der Waals surface area contributed by atoms with Crippen LogP contribution in [0.4, 0.5) is 0 Å². The molecule has 0 aromatic rings. The minimum Gasteiger partial charge on any atom is -0.462 e. The van der Waals surface area contributed by atoms with Crippen LogP contribution < -0.4 is 0 Å². The molecular formula is C74H124O6. The minimum atomic E-state index is -0.794. The predicted octanol–water partition coefficient (Wildman–Crippen LogP) is 23.2. The Morgan fingerprint density at radius 2 is 0.487 bits per heavy atom. The zero-order chi connectivity index (χ0) is 57.8. The van der Waals surface area contributed by atoms with E-state index in [0.29, 0.717) is 19.3 Å². The highest BCUT2D eigenvalue weighted by Crippen LogP contribution is 2.16. The molecule has 0 aliphatic rings. The van der Waals surface area contributed by atoms with E-state index < -0.39 is 6.10 Å². The van der Waals surface area contributed by atoms with Gasteiger partial charge in [0.25, 0.3) is 0 Å². The second kappa shape index (κ2) is 67.3. The Morgan fingerprint density at radius 3 is 0.787 bits per heavy atom. The molecule has 0 spiro atoms. The fourth-order valence-corrected chi connectivity index (χ4v) is 9.20. The number of carbonyl (C=O) groups is 3. The molecule has 0 fully saturated rings. The summed E-state index contributed by atoms with van der Waals surface area (Å²) in [5.41, 5.74) is 0. The number of hydrogen-bond acceptors (Lipinski definition) is 6. The summed E-state index contributed by atoms with van der Waals surface area (Å²) >= 11 is 0. The van der Waals surface area contributed by atoms with E-state index in [1.807, 2.05) is 0 Å². The van der Waals surface area contributed by atoms with Gasteiger partial charge in [0, 0.05) is 19.3 Å². The van der Waals surface area contributed by atoms with Crippen molar-refractivity contribution in [2.24, 2.45) is 0 Å². The third-order valence-electron chi connectivity index (χ3n) is 14.2. The second-order valence-electron chi connectivity index (χ2n) is 22.0. The summed E-state index contributed by atoms with van der Waals surface area (Å²) in [5.74, 6) is -0.909. The monoisotopic (exact) mass is 1110 g/mol. The topological polar surface area (TPSA) is 78.9 Å². The van der Waals surface area contributed by atoms with Gasteiger partial charge in [-0.3, -0.25) is 14.4 Å². The normalized spacial score (nSPS) is 12.9. The third kappa shape index (κ3) is 64.6. The Bertz CT molecular complexity index is 1650. The van der Waals surface area contributed by atoms with Gasteiger partial charge in [-0.2, -0.15) is 0 Å². The van der Waals surface area contributed by atoms with Crippen molar-refractivity contribution < 1.29 is 28.6 Å². The van der Waals surface area contributed by atoms with E-state index >= 15 is 0 Å². The summed E-state index contributed by atoms with van der Waals surface area (Å²) in [5, 5.41) is 0. The molecular weight excluding hydrogens is 985 g/mol. The van der Waals surface area contributed by atoms with Gasteiger partial charge in [-0.05, 0) is 116 Å². The van der Waals surface area contributed by atoms with Crippen molar-refractivity contribution >= 4 is 17.9 Å². The Hall–Kier alpha value is -4.19. The molecule has 0 aliphatic carbocycles. The summed E-state index contributed by atoms with van der Waals surface area (Å²) in [7, 11) is 0. The summed E-state index contributed by atoms with van der Waals surface area (Å²) in [6.45, 7) is 6.50. The molecule has 6 heteroatoms. The molecule has 80 heavy (non-hydrogen) atoms. The highest BCUT2D eigenvalue weighted by molar-refractivity contribution is 5.71. The van der Waals surface area contributed by atoms with Crippen LogP contribution in [0, 0.1) is 0 Å². The van der Waals surface area contributed by atoms with Gasteiger partial charge in [0.1, 0.15) is 13.2 Å². The molecule has 0 saturated heterocycles. The highest BCUT2D eigenvalue weighted by atomic mass is 16.6. The van der Waals surface area contributed by atoms with Crippen molar-refractivity contribution in [1.82, 2.24) is 0 Å². The van der Waals surface area contributed by atoms with Crippen LogP contribution in [-0.4, -0.2) is 37.2 Å². The summed E-state index contributed by atoms with van der Waals surface area (Å²) in [4.78, 5) is 38.4. The summed E-state index contributed by atoms with van der Waals surface area (Å²) in [6.07, 6.45) is 93.4. The van der Waals surface area contributed by atoms with Gasteiger partial charge in [0.15, 0.2) is 6.10 Å². The molecule has 0 aromatic carbocycles. The number of allylic oxidation sites excluding steroid dienone is 20. The number of carbonyl (C=O) groups excluding carboxylic acids is 3. The van der Waals surface area contributed by atoms with E-state index in [2.05, 4.69) is 142 Å². The van der Waals surface area contributed by atoms with Crippen LogP contribution >= 0.6 is 0 Å². The van der Waals surface area contributed by atoms with Gasteiger partial charge in [-0.25, -0.2) is 0 Å². The van der Waals surface area contributed by atoms with Crippen LogP contribution in [0.2, 0.25) is 0 Å². The molecule has 0 saturated carbocycles. The zero-order valence-electron chi connectivity index (χ0n) is 52.3. The van der Waals surface area contributed by atoms with Gasteiger partial charge in [0.05, 0.1) is 0 Å². The Morgan fingerprint density at radius 1 is 0.263 bits per heavy atom. The van der Waals surface area contributed by atoms with E-state index in [-0.39, 0.29) is 31.1 Å². The highest BCUT2D eigenvalue weighted by Gasteiger charge is 2.19. The van der Waals surface area contributed by atoms with Crippen molar-refractivity contribution in [2.45, 2.75) is 316 Å². The Balaban J connectivity index is 4.39. The largest absolute Gasteiger partial charge is 0.462 e. The average molecular weight is 1110 g/mol. The molecule has 0 aromatic heterocycles. The first-order valence-corrected chi connectivity index (χ1v) is 33.5. The smallest absolute Gasteiger partial charge is 0.306 e. The zero-order valence-corrected chi connectivity index (χ0v) is 52.3. The maximum absolute atomic E-state index is 12.9. The van der Waals surface area contributed by atoms with Crippen LogP contribution in [0.3, 0.4) is 0 Å². The first kappa shape index (κ1) is 75.8. The molecule has 0 bridgehead atoms. The van der Waals surface area contributed by atoms with Crippen molar-refractivity contribution in [3.05, 3.63) is 122 Å². The molecule has 1 atom stereocenters. The lowest BCUT2D eigenvalue weighted by Gasteiger charge is -2.18. The fourth-order valence-electron chi connectivity index (χ4n) is 9.20.